The second-order valence-corrected chi connectivity index (χ2v) is 2.78. The Bertz CT molecular complexity index is 318. The first-order chi connectivity index (χ1) is 5.75. The SMILES string of the molecule is Fc1cccc(Cl)c1C#CCS. The average molecular weight is 201 g/mol. The third kappa shape index (κ3) is 2.17. The van der Waals surface area contributed by atoms with Crippen LogP contribution >= 0.6 is 24.2 Å². The van der Waals surface area contributed by atoms with Crippen molar-refractivity contribution in [3.63, 3.8) is 0 Å². The molecule has 0 atom stereocenters. The first-order valence-corrected chi connectivity index (χ1v) is 4.30. The first-order valence-electron chi connectivity index (χ1n) is 3.29. The summed E-state index contributed by atoms with van der Waals surface area (Å²) in [4.78, 5) is 0. The van der Waals surface area contributed by atoms with E-state index in [1.807, 2.05) is 0 Å². The summed E-state index contributed by atoms with van der Waals surface area (Å²) in [6.07, 6.45) is 0. The Kier molecular flexibility index (Phi) is 3.46. The van der Waals surface area contributed by atoms with Crippen LogP contribution in [0.4, 0.5) is 4.39 Å². The van der Waals surface area contributed by atoms with Gasteiger partial charge in [-0.15, -0.1) is 0 Å². The van der Waals surface area contributed by atoms with E-state index in [0.717, 1.165) is 0 Å². The molecule has 0 spiro atoms. The molecular weight excluding hydrogens is 195 g/mol. The number of thiol groups is 1. The normalized spacial score (nSPS) is 8.92. The fourth-order valence-corrected chi connectivity index (χ4v) is 1.03. The zero-order valence-electron chi connectivity index (χ0n) is 6.14. The van der Waals surface area contributed by atoms with Crippen molar-refractivity contribution in [2.45, 2.75) is 0 Å². The largest absolute Gasteiger partial charge is 0.206 e. The molecular formula is C9H6ClFS. The smallest absolute Gasteiger partial charge is 0.140 e. The van der Waals surface area contributed by atoms with Gasteiger partial charge in [-0.1, -0.05) is 29.5 Å². The van der Waals surface area contributed by atoms with Crippen LogP contribution in [0.25, 0.3) is 0 Å². The van der Waals surface area contributed by atoms with Gasteiger partial charge in [0, 0.05) is 0 Å². The third-order valence-corrected chi connectivity index (χ3v) is 1.73. The molecule has 1 aromatic carbocycles. The standard InChI is InChI=1S/C9H6ClFS/c10-8-4-1-5-9(11)7(8)3-2-6-12/h1,4-5,12H,6H2. The molecule has 0 saturated heterocycles. The molecule has 0 fully saturated rings. The van der Waals surface area contributed by atoms with Crippen LogP contribution in [-0.4, -0.2) is 5.75 Å². The molecule has 0 aliphatic heterocycles. The molecule has 0 aliphatic carbocycles. The average Bonchev–Trinajstić information content (AvgIpc) is 2.04. The highest BCUT2D eigenvalue weighted by atomic mass is 35.5. The van der Waals surface area contributed by atoms with Crippen molar-refractivity contribution in [1.82, 2.24) is 0 Å². The van der Waals surface area contributed by atoms with Crippen molar-refractivity contribution in [3.8, 4) is 11.8 Å². The van der Waals surface area contributed by atoms with Crippen LogP contribution in [0.3, 0.4) is 0 Å². The van der Waals surface area contributed by atoms with E-state index in [2.05, 4.69) is 24.5 Å². The summed E-state index contributed by atoms with van der Waals surface area (Å²) in [5, 5.41) is 0.337. The van der Waals surface area contributed by atoms with E-state index in [1.54, 1.807) is 12.1 Å². The molecule has 0 unspecified atom stereocenters. The van der Waals surface area contributed by atoms with E-state index < -0.39 is 5.82 Å². The second kappa shape index (κ2) is 4.39. The maximum Gasteiger partial charge on any atom is 0.140 e. The molecule has 0 saturated carbocycles. The molecule has 12 heavy (non-hydrogen) atoms. The molecule has 0 N–H and O–H groups in total. The van der Waals surface area contributed by atoms with Gasteiger partial charge in [0.2, 0.25) is 0 Å². The second-order valence-electron chi connectivity index (χ2n) is 2.06. The topological polar surface area (TPSA) is 0 Å². The zero-order chi connectivity index (χ0) is 8.97. The summed E-state index contributed by atoms with van der Waals surface area (Å²) in [5.74, 6) is 5.24. The van der Waals surface area contributed by atoms with Crippen LogP contribution in [0.15, 0.2) is 18.2 Å². The lowest BCUT2D eigenvalue weighted by molar-refractivity contribution is 0.624. The Labute approximate surface area is 81.1 Å². The predicted octanol–water partition coefficient (Wildman–Crippen LogP) is 2.76. The van der Waals surface area contributed by atoms with Crippen LogP contribution in [0.2, 0.25) is 5.02 Å². The van der Waals surface area contributed by atoms with E-state index in [9.17, 15) is 4.39 Å². The molecule has 0 radical (unpaired) electrons. The number of halogens is 2. The minimum absolute atomic E-state index is 0.244. The Morgan fingerprint density at radius 3 is 2.83 bits per heavy atom. The van der Waals surface area contributed by atoms with Crippen LogP contribution in [0.5, 0.6) is 0 Å². The van der Waals surface area contributed by atoms with Gasteiger partial charge in [0.25, 0.3) is 0 Å². The van der Waals surface area contributed by atoms with E-state index >= 15 is 0 Å². The summed E-state index contributed by atoms with van der Waals surface area (Å²) < 4.78 is 13.0. The van der Waals surface area contributed by atoms with Crippen molar-refractivity contribution in [2.75, 3.05) is 5.75 Å². The van der Waals surface area contributed by atoms with Gasteiger partial charge >= 0.3 is 0 Å². The maximum absolute atomic E-state index is 13.0. The summed E-state index contributed by atoms with van der Waals surface area (Å²) in [6.45, 7) is 0. The van der Waals surface area contributed by atoms with Crippen molar-refractivity contribution in [3.05, 3.63) is 34.6 Å². The lowest BCUT2D eigenvalue weighted by atomic mass is 10.2. The molecule has 0 bridgehead atoms. The molecule has 3 heteroatoms. The van der Waals surface area contributed by atoms with Gasteiger partial charge in [-0.25, -0.2) is 4.39 Å². The van der Waals surface area contributed by atoms with E-state index in [1.165, 1.54) is 6.07 Å². The number of hydrogen-bond donors (Lipinski definition) is 1. The molecule has 0 amide bonds. The van der Waals surface area contributed by atoms with Gasteiger partial charge < -0.3 is 0 Å². The van der Waals surface area contributed by atoms with Gasteiger partial charge in [0.05, 0.1) is 16.3 Å². The Morgan fingerprint density at radius 1 is 1.50 bits per heavy atom. The lowest BCUT2D eigenvalue weighted by Gasteiger charge is -1.95. The summed E-state index contributed by atoms with van der Waals surface area (Å²) >= 11 is 9.58. The van der Waals surface area contributed by atoms with Gasteiger partial charge in [0.15, 0.2) is 0 Å². The van der Waals surface area contributed by atoms with Crippen LogP contribution < -0.4 is 0 Å². The predicted molar refractivity (Wildman–Crippen MR) is 52.1 cm³/mol. The van der Waals surface area contributed by atoms with Crippen molar-refractivity contribution in [2.24, 2.45) is 0 Å². The van der Waals surface area contributed by atoms with Crippen molar-refractivity contribution in [1.29, 1.82) is 0 Å². The third-order valence-electron chi connectivity index (χ3n) is 1.26. The van der Waals surface area contributed by atoms with Crippen LogP contribution in [-0.2, 0) is 0 Å². The minimum Gasteiger partial charge on any atom is -0.206 e. The maximum atomic E-state index is 13.0. The monoisotopic (exact) mass is 200 g/mol. The fourth-order valence-electron chi connectivity index (χ4n) is 0.745. The lowest BCUT2D eigenvalue weighted by Crippen LogP contribution is -1.83. The minimum atomic E-state index is -0.392. The molecule has 1 aromatic rings. The van der Waals surface area contributed by atoms with Gasteiger partial charge in [-0.2, -0.15) is 12.6 Å². The van der Waals surface area contributed by atoms with Crippen molar-refractivity contribution < 1.29 is 4.39 Å². The molecule has 0 nitrogen and oxygen atoms in total. The van der Waals surface area contributed by atoms with Crippen LogP contribution in [0, 0.1) is 17.7 Å². The summed E-state index contributed by atoms with van der Waals surface area (Å²) in [7, 11) is 0. The highest BCUT2D eigenvalue weighted by molar-refractivity contribution is 7.80. The molecule has 62 valence electrons. The van der Waals surface area contributed by atoms with E-state index in [-0.39, 0.29) is 5.56 Å². The number of rotatable bonds is 0. The number of hydrogen-bond acceptors (Lipinski definition) is 1. The molecule has 0 aromatic heterocycles. The Hall–Kier alpha value is -0.650. The molecule has 0 heterocycles. The summed E-state index contributed by atoms with van der Waals surface area (Å²) in [5.41, 5.74) is 0.244. The quantitative estimate of drug-likeness (QED) is 0.483. The number of benzene rings is 1. The highest BCUT2D eigenvalue weighted by Gasteiger charge is 2.01. The Morgan fingerprint density at radius 2 is 2.25 bits per heavy atom. The Balaban J connectivity index is 3.13. The van der Waals surface area contributed by atoms with Gasteiger partial charge in [0.1, 0.15) is 5.82 Å². The van der Waals surface area contributed by atoms with E-state index in [4.69, 9.17) is 11.6 Å². The highest BCUT2D eigenvalue weighted by Crippen LogP contribution is 2.17. The van der Waals surface area contributed by atoms with Gasteiger partial charge in [-0.05, 0) is 12.1 Å². The zero-order valence-corrected chi connectivity index (χ0v) is 7.79. The molecule has 0 aliphatic rings. The first kappa shape index (κ1) is 9.44. The van der Waals surface area contributed by atoms with E-state index in [0.29, 0.717) is 10.8 Å². The van der Waals surface area contributed by atoms with Crippen LogP contribution in [0.1, 0.15) is 5.56 Å². The van der Waals surface area contributed by atoms with Crippen molar-refractivity contribution >= 4 is 24.2 Å². The fraction of sp³-hybridized carbons (Fsp3) is 0.111. The summed E-state index contributed by atoms with van der Waals surface area (Å²) in [6, 6.07) is 4.48. The molecule has 1 rings (SSSR count). The van der Waals surface area contributed by atoms with Gasteiger partial charge in [-0.3, -0.25) is 0 Å².